The third-order valence-corrected chi connectivity index (χ3v) is 0.874. The zero-order valence-electron chi connectivity index (χ0n) is 5.88. The van der Waals surface area contributed by atoms with E-state index in [0.29, 0.717) is 0 Å². The van der Waals surface area contributed by atoms with Crippen molar-refractivity contribution in [2.24, 2.45) is 5.92 Å². The summed E-state index contributed by atoms with van der Waals surface area (Å²) >= 11 is 0. The average molecular weight is 163 g/mol. The molecular formula is C6H7F2NO2. The molecule has 0 rings (SSSR count). The maximum Gasteiger partial charge on any atom is 0.373 e. The van der Waals surface area contributed by atoms with E-state index in [0.717, 1.165) is 0 Å². The molecule has 1 atom stereocenters. The first-order valence-electron chi connectivity index (χ1n) is 2.92. The second-order valence-electron chi connectivity index (χ2n) is 1.96. The molecule has 0 aromatic rings. The van der Waals surface area contributed by atoms with E-state index in [9.17, 15) is 13.6 Å². The Kier molecular flexibility index (Phi) is 4.11. The van der Waals surface area contributed by atoms with Gasteiger partial charge in [0.15, 0.2) is 0 Å². The first kappa shape index (κ1) is 9.82. The lowest BCUT2D eigenvalue weighted by atomic mass is 10.2. The largest absolute Gasteiger partial charge is 0.460 e. The molecule has 0 aliphatic rings. The van der Waals surface area contributed by atoms with Crippen LogP contribution in [0.2, 0.25) is 0 Å². The van der Waals surface area contributed by atoms with Gasteiger partial charge in [-0.15, -0.1) is 0 Å². The van der Waals surface area contributed by atoms with Gasteiger partial charge in [-0.25, -0.2) is 4.79 Å². The molecule has 0 aliphatic heterocycles. The summed E-state index contributed by atoms with van der Waals surface area (Å²) in [6.45, 7) is 1.19. The van der Waals surface area contributed by atoms with Crippen molar-refractivity contribution in [3.8, 4) is 6.07 Å². The topological polar surface area (TPSA) is 50.1 Å². The van der Waals surface area contributed by atoms with E-state index < -0.39 is 18.3 Å². The number of nitriles is 1. The number of halogens is 2. The number of carbonyl (C=O) groups is 1. The third kappa shape index (κ3) is 4.25. The predicted molar refractivity (Wildman–Crippen MR) is 31.7 cm³/mol. The van der Waals surface area contributed by atoms with E-state index in [1.807, 2.05) is 0 Å². The van der Waals surface area contributed by atoms with E-state index in [2.05, 4.69) is 4.74 Å². The van der Waals surface area contributed by atoms with Gasteiger partial charge in [0.1, 0.15) is 6.61 Å². The molecule has 0 amide bonds. The molecule has 0 N–H and O–H groups in total. The first-order valence-corrected chi connectivity index (χ1v) is 2.92. The Balaban J connectivity index is 3.56. The lowest BCUT2D eigenvalue weighted by Crippen LogP contribution is -2.17. The molecule has 0 bridgehead atoms. The fourth-order valence-electron chi connectivity index (χ4n) is 0.307. The van der Waals surface area contributed by atoms with Crippen molar-refractivity contribution >= 4 is 5.97 Å². The van der Waals surface area contributed by atoms with Crippen LogP contribution in [-0.4, -0.2) is 19.0 Å². The Morgan fingerprint density at radius 3 is 2.64 bits per heavy atom. The van der Waals surface area contributed by atoms with Gasteiger partial charge in [-0.3, -0.25) is 0 Å². The van der Waals surface area contributed by atoms with Gasteiger partial charge in [-0.2, -0.15) is 14.0 Å². The molecule has 0 spiro atoms. The number of carbonyl (C=O) groups excluding carboxylic acids is 1. The average Bonchev–Trinajstić information content (AvgIpc) is 1.99. The zero-order valence-corrected chi connectivity index (χ0v) is 5.88. The molecule has 0 aromatic heterocycles. The third-order valence-electron chi connectivity index (χ3n) is 0.874. The normalized spacial score (nSPS) is 12.3. The van der Waals surface area contributed by atoms with Crippen LogP contribution >= 0.6 is 0 Å². The first-order chi connectivity index (χ1) is 5.07. The van der Waals surface area contributed by atoms with Crippen LogP contribution in [0.15, 0.2) is 0 Å². The van der Waals surface area contributed by atoms with Crippen LogP contribution in [-0.2, 0) is 9.53 Å². The molecule has 0 radical (unpaired) electrons. The van der Waals surface area contributed by atoms with Crippen LogP contribution in [0.1, 0.15) is 6.92 Å². The minimum Gasteiger partial charge on any atom is -0.460 e. The van der Waals surface area contributed by atoms with Gasteiger partial charge in [0.2, 0.25) is 0 Å². The molecule has 3 nitrogen and oxygen atoms in total. The van der Waals surface area contributed by atoms with Crippen molar-refractivity contribution < 1.29 is 18.3 Å². The summed E-state index contributed by atoms with van der Waals surface area (Å²) in [4.78, 5) is 10.1. The highest BCUT2D eigenvalue weighted by molar-refractivity contribution is 5.72. The standard InChI is InChI=1S/C6H7F2NO2/c1-4(2-9)3-11-6(10)5(7)8/h4-5H,3H2,1H3. The van der Waals surface area contributed by atoms with Gasteiger partial charge >= 0.3 is 12.4 Å². The Labute approximate surface area is 62.6 Å². The quantitative estimate of drug-likeness (QED) is 0.582. The molecule has 0 fully saturated rings. The SMILES string of the molecule is CC(C#N)COC(=O)C(F)F. The van der Waals surface area contributed by atoms with E-state index in [-0.39, 0.29) is 6.61 Å². The summed E-state index contributed by atoms with van der Waals surface area (Å²) in [5.41, 5.74) is 0. The molecule has 5 heteroatoms. The lowest BCUT2D eigenvalue weighted by molar-refractivity contribution is -0.157. The van der Waals surface area contributed by atoms with Crippen LogP contribution in [0.5, 0.6) is 0 Å². The summed E-state index contributed by atoms with van der Waals surface area (Å²) in [7, 11) is 0. The van der Waals surface area contributed by atoms with Crippen molar-refractivity contribution in [3.63, 3.8) is 0 Å². The number of hydrogen-bond donors (Lipinski definition) is 0. The van der Waals surface area contributed by atoms with Crippen molar-refractivity contribution in [2.45, 2.75) is 13.3 Å². The van der Waals surface area contributed by atoms with Gasteiger partial charge in [-0.1, -0.05) is 0 Å². The summed E-state index contributed by atoms with van der Waals surface area (Å²) < 4.78 is 26.9. The van der Waals surface area contributed by atoms with E-state index >= 15 is 0 Å². The van der Waals surface area contributed by atoms with E-state index in [1.165, 1.54) is 6.92 Å². The Morgan fingerprint density at radius 2 is 2.27 bits per heavy atom. The van der Waals surface area contributed by atoms with Crippen LogP contribution in [0.3, 0.4) is 0 Å². The fraction of sp³-hybridized carbons (Fsp3) is 0.667. The summed E-state index contributed by atoms with van der Waals surface area (Å²) in [5, 5.41) is 8.16. The lowest BCUT2D eigenvalue weighted by Gasteiger charge is -2.03. The number of rotatable bonds is 3. The van der Waals surface area contributed by atoms with Crippen molar-refractivity contribution in [3.05, 3.63) is 0 Å². The van der Waals surface area contributed by atoms with Crippen LogP contribution in [0.4, 0.5) is 8.78 Å². The molecule has 62 valence electrons. The highest BCUT2D eigenvalue weighted by Gasteiger charge is 2.17. The molecular weight excluding hydrogens is 156 g/mol. The molecule has 0 saturated carbocycles. The molecule has 0 aliphatic carbocycles. The van der Waals surface area contributed by atoms with Crippen molar-refractivity contribution in [1.29, 1.82) is 5.26 Å². The summed E-state index contributed by atoms with van der Waals surface area (Å²) in [5.74, 6) is -2.12. The second-order valence-corrected chi connectivity index (χ2v) is 1.96. The monoisotopic (exact) mass is 163 g/mol. The highest BCUT2D eigenvalue weighted by atomic mass is 19.3. The fourth-order valence-corrected chi connectivity index (χ4v) is 0.307. The van der Waals surface area contributed by atoms with E-state index in [4.69, 9.17) is 5.26 Å². The Morgan fingerprint density at radius 1 is 1.73 bits per heavy atom. The zero-order chi connectivity index (χ0) is 8.85. The van der Waals surface area contributed by atoms with Gasteiger partial charge in [0.05, 0.1) is 12.0 Å². The number of hydrogen-bond acceptors (Lipinski definition) is 3. The number of esters is 1. The summed E-state index contributed by atoms with van der Waals surface area (Å²) in [6.07, 6.45) is -3.11. The highest BCUT2D eigenvalue weighted by Crippen LogP contribution is 1.99. The molecule has 11 heavy (non-hydrogen) atoms. The summed E-state index contributed by atoms with van der Waals surface area (Å²) in [6, 6.07) is 1.74. The minimum absolute atomic E-state index is 0.278. The minimum atomic E-state index is -3.11. The van der Waals surface area contributed by atoms with Gasteiger partial charge in [0.25, 0.3) is 0 Å². The Hall–Kier alpha value is -1.18. The van der Waals surface area contributed by atoms with Gasteiger partial charge in [0, 0.05) is 0 Å². The molecule has 0 heterocycles. The second kappa shape index (κ2) is 4.61. The van der Waals surface area contributed by atoms with Crippen LogP contribution < -0.4 is 0 Å². The smallest absolute Gasteiger partial charge is 0.373 e. The number of alkyl halides is 2. The maximum atomic E-state index is 11.4. The maximum absolute atomic E-state index is 11.4. The molecule has 0 aromatic carbocycles. The van der Waals surface area contributed by atoms with Crippen molar-refractivity contribution in [2.75, 3.05) is 6.61 Å². The van der Waals surface area contributed by atoms with E-state index in [1.54, 1.807) is 6.07 Å². The predicted octanol–water partition coefficient (Wildman–Crippen LogP) is 0.954. The Bertz CT molecular complexity index is 176. The molecule has 0 saturated heterocycles. The van der Waals surface area contributed by atoms with Crippen LogP contribution in [0, 0.1) is 17.2 Å². The van der Waals surface area contributed by atoms with Crippen LogP contribution in [0.25, 0.3) is 0 Å². The molecule has 1 unspecified atom stereocenters. The van der Waals surface area contributed by atoms with Gasteiger partial charge < -0.3 is 4.74 Å². The van der Waals surface area contributed by atoms with Gasteiger partial charge in [-0.05, 0) is 6.92 Å². The number of ether oxygens (including phenoxy) is 1. The van der Waals surface area contributed by atoms with Crippen molar-refractivity contribution in [1.82, 2.24) is 0 Å². The number of nitrogens with zero attached hydrogens (tertiary/aromatic N) is 1.